The molecule has 0 saturated carbocycles. The van der Waals surface area contributed by atoms with Gasteiger partial charge in [0.25, 0.3) is 0 Å². The van der Waals surface area contributed by atoms with Crippen molar-refractivity contribution in [3.8, 4) is 0 Å². The van der Waals surface area contributed by atoms with Crippen molar-refractivity contribution in [2.45, 2.75) is 13.8 Å². The number of hydrogen-bond acceptors (Lipinski definition) is 2. The number of halogens is 1. The van der Waals surface area contributed by atoms with E-state index in [9.17, 15) is 0 Å². The lowest BCUT2D eigenvalue weighted by molar-refractivity contribution is 1.44. The van der Waals surface area contributed by atoms with Crippen molar-refractivity contribution < 1.29 is 0 Å². The maximum Gasteiger partial charge on any atom is 0.0937 e. The second-order valence-electron chi connectivity index (χ2n) is 2.08. The molecule has 0 aliphatic carbocycles. The summed E-state index contributed by atoms with van der Waals surface area (Å²) in [7, 11) is 2.50. The molecule has 1 aromatic heterocycles. The van der Waals surface area contributed by atoms with Crippen LogP contribution in [0.25, 0.3) is 0 Å². The van der Waals surface area contributed by atoms with Gasteiger partial charge in [-0.3, -0.25) is 0 Å². The molecule has 1 N–H and O–H groups in total. The van der Waals surface area contributed by atoms with Crippen LogP contribution < -0.4 is 5.09 Å². The van der Waals surface area contributed by atoms with Crippen molar-refractivity contribution in [1.82, 2.24) is 0 Å². The third-order valence-electron chi connectivity index (χ3n) is 1.49. The van der Waals surface area contributed by atoms with Gasteiger partial charge in [-0.2, -0.15) is 0 Å². The lowest BCUT2D eigenvalue weighted by atomic mass is 10.3. The molecule has 1 rings (SSSR count). The molecular formula is C6H9BrNPS. The Labute approximate surface area is 75.6 Å². The molecule has 0 bridgehead atoms. The third-order valence-corrected chi connectivity index (χ3v) is 3.65. The number of thiophene rings is 1. The Morgan fingerprint density at radius 2 is 2.10 bits per heavy atom. The Morgan fingerprint density at radius 3 is 2.30 bits per heavy atom. The summed E-state index contributed by atoms with van der Waals surface area (Å²) in [5.74, 6) is 0. The van der Waals surface area contributed by atoms with Gasteiger partial charge in [-0.1, -0.05) is 0 Å². The molecule has 1 heterocycles. The molecule has 1 aromatic rings. The lowest BCUT2D eigenvalue weighted by Gasteiger charge is -1.97. The minimum absolute atomic E-state index is 1.18. The number of nitrogens with one attached hydrogen (secondary N) is 1. The van der Waals surface area contributed by atoms with Gasteiger partial charge in [0.1, 0.15) is 0 Å². The van der Waals surface area contributed by atoms with Gasteiger partial charge >= 0.3 is 0 Å². The van der Waals surface area contributed by atoms with E-state index < -0.39 is 0 Å². The molecular weight excluding hydrogens is 229 g/mol. The highest BCUT2D eigenvalue weighted by atomic mass is 79.9. The summed E-state index contributed by atoms with van der Waals surface area (Å²) >= 11 is 5.23. The van der Waals surface area contributed by atoms with Gasteiger partial charge in [0.15, 0.2) is 0 Å². The lowest BCUT2D eigenvalue weighted by Crippen LogP contribution is -1.79. The Morgan fingerprint density at radius 1 is 1.50 bits per heavy atom. The predicted octanol–water partition coefficient (Wildman–Crippen LogP) is 3.33. The van der Waals surface area contributed by atoms with E-state index in [0.29, 0.717) is 0 Å². The molecule has 0 aliphatic rings. The van der Waals surface area contributed by atoms with Crippen LogP contribution in [0.1, 0.15) is 10.4 Å². The molecule has 0 aromatic carbocycles. The van der Waals surface area contributed by atoms with E-state index in [4.69, 9.17) is 0 Å². The van der Waals surface area contributed by atoms with Crippen molar-refractivity contribution in [3.05, 3.63) is 14.2 Å². The Balaban J connectivity index is 3.20. The fourth-order valence-electron chi connectivity index (χ4n) is 0.750. The average molecular weight is 238 g/mol. The second-order valence-corrected chi connectivity index (χ2v) is 4.91. The molecule has 4 heteroatoms. The smallest absolute Gasteiger partial charge is 0.0937 e. The zero-order chi connectivity index (χ0) is 7.72. The highest BCUT2D eigenvalue weighted by molar-refractivity contribution is 9.11. The van der Waals surface area contributed by atoms with Crippen LogP contribution in [0.5, 0.6) is 0 Å². The molecule has 10 heavy (non-hydrogen) atoms. The summed E-state index contributed by atoms with van der Waals surface area (Å²) in [6.07, 6.45) is 0. The molecule has 0 saturated heterocycles. The van der Waals surface area contributed by atoms with Gasteiger partial charge in [-0.15, -0.1) is 11.3 Å². The minimum Gasteiger partial charge on any atom is -0.368 e. The van der Waals surface area contributed by atoms with E-state index in [-0.39, 0.29) is 0 Å². The third kappa shape index (κ3) is 1.36. The average Bonchev–Trinajstić information content (AvgIpc) is 2.09. The van der Waals surface area contributed by atoms with Gasteiger partial charge in [0, 0.05) is 4.88 Å². The Hall–Kier alpha value is 0.410. The molecule has 56 valence electrons. The highest BCUT2D eigenvalue weighted by Crippen LogP contribution is 2.37. The van der Waals surface area contributed by atoms with Crippen molar-refractivity contribution >= 4 is 42.3 Å². The number of aryl methyl sites for hydroxylation is 1. The van der Waals surface area contributed by atoms with Crippen LogP contribution in [0, 0.1) is 13.8 Å². The summed E-state index contributed by atoms with van der Waals surface area (Å²) in [6.45, 7) is 4.24. The predicted molar refractivity (Wildman–Crippen MR) is 54.8 cm³/mol. The van der Waals surface area contributed by atoms with Gasteiger partial charge in [-0.25, -0.2) is 0 Å². The highest BCUT2D eigenvalue weighted by Gasteiger charge is 2.07. The van der Waals surface area contributed by atoms with Crippen molar-refractivity contribution in [2.24, 2.45) is 0 Å². The molecule has 0 fully saturated rings. The van der Waals surface area contributed by atoms with Crippen LogP contribution in [0.3, 0.4) is 0 Å². The topological polar surface area (TPSA) is 12.0 Å². The molecule has 0 spiro atoms. The van der Waals surface area contributed by atoms with Crippen LogP contribution >= 0.6 is 36.7 Å². The van der Waals surface area contributed by atoms with Crippen molar-refractivity contribution in [2.75, 3.05) is 5.09 Å². The van der Waals surface area contributed by atoms with Crippen LogP contribution in [0.2, 0.25) is 0 Å². The van der Waals surface area contributed by atoms with Gasteiger partial charge < -0.3 is 5.09 Å². The first kappa shape index (κ1) is 8.51. The summed E-state index contributed by atoms with van der Waals surface area (Å²) in [5, 5.41) is 3.06. The van der Waals surface area contributed by atoms with Crippen LogP contribution in [0.4, 0.5) is 5.69 Å². The number of rotatable bonds is 1. The van der Waals surface area contributed by atoms with Crippen molar-refractivity contribution in [1.29, 1.82) is 0 Å². The van der Waals surface area contributed by atoms with Crippen LogP contribution in [-0.4, -0.2) is 0 Å². The fraction of sp³-hybridized carbons (Fsp3) is 0.333. The van der Waals surface area contributed by atoms with Gasteiger partial charge in [0.2, 0.25) is 0 Å². The first-order valence-electron chi connectivity index (χ1n) is 2.89. The van der Waals surface area contributed by atoms with E-state index in [2.05, 4.69) is 44.3 Å². The number of anilines is 1. The minimum atomic E-state index is 1.18. The monoisotopic (exact) mass is 237 g/mol. The molecule has 1 atom stereocenters. The molecule has 0 aliphatic heterocycles. The van der Waals surface area contributed by atoms with Gasteiger partial charge in [-0.05, 0) is 44.7 Å². The van der Waals surface area contributed by atoms with E-state index in [1.165, 1.54) is 19.9 Å². The first-order valence-corrected chi connectivity index (χ1v) is 5.07. The largest absolute Gasteiger partial charge is 0.368 e. The Kier molecular flexibility index (Phi) is 2.73. The standard InChI is InChI=1S/C6H9BrNPS/c1-3-4(2)10-6(7)5(3)8-9/h8H,9H2,1-2H3. The van der Waals surface area contributed by atoms with Crippen LogP contribution in [-0.2, 0) is 0 Å². The fourth-order valence-corrected chi connectivity index (χ4v) is 3.41. The number of hydrogen-bond donors (Lipinski definition) is 1. The summed E-state index contributed by atoms with van der Waals surface area (Å²) in [6, 6.07) is 0. The maximum atomic E-state index is 3.47. The molecule has 0 radical (unpaired) electrons. The molecule has 1 unspecified atom stereocenters. The second kappa shape index (κ2) is 3.21. The summed E-state index contributed by atoms with van der Waals surface area (Å²) in [5.41, 5.74) is 2.51. The first-order chi connectivity index (χ1) is 4.66. The van der Waals surface area contributed by atoms with E-state index in [1.54, 1.807) is 11.3 Å². The molecule has 1 nitrogen and oxygen atoms in total. The maximum absolute atomic E-state index is 3.47. The summed E-state index contributed by atoms with van der Waals surface area (Å²) in [4.78, 5) is 1.36. The van der Waals surface area contributed by atoms with Gasteiger partial charge in [0.05, 0.1) is 9.47 Å². The van der Waals surface area contributed by atoms with Crippen molar-refractivity contribution in [3.63, 3.8) is 0 Å². The normalized spacial score (nSPS) is 10.0. The van der Waals surface area contributed by atoms with E-state index in [1.807, 2.05) is 0 Å². The SMILES string of the molecule is Cc1sc(Br)c(NP)c1C. The summed E-state index contributed by atoms with van der Waals surface area (Å²) < 4.78 is 1.18. The molecule has 0 amide bonds. The quantitative estimate of drug-likeness (QED) is 0.740. The van der Waals surface area contributed by atoms with E-state index in [0.717, 1.165) is 0 Å². The zero-order valence-electron chi connectivity index (χ0n) is 5.86. The van der Waals surface area contributed by atoms with E-state index >= 15 is 0 Å². The van der Waals surface area contributed by atoms with Crippen LogP contribution in [0.15, 0.2) is 3.79 Å². The Bertz CT molecular complexity index is 246. The zero-order valence-corrected chi connectivity index (χ0v) is 9.42.